The van der Waals surface area contributed by atoms with E-state index in [0.717, 1.165) is 30.9 Å². The van der Waals surface area contributed by atoms with Crippen LogP contribution in [0.4, 0.5) is 15.8 Å². The predicted molar refractivity (Wildman–Crippen MR) is 129 cm³/mol. The van der Waals surface area contributed by atoms with Gasteiger partial charge in [0.25, 0.3) is 5.91 Å². The molecule has 0 spiro atoms. The Bertz CT molecular complexity index is 1090. The van der Waals surface area contributed by atoms with Crippen molar-refractivity contribution in [2.75, 3.05) is 56.2 Å². The number of benzene rings is 2. The van der Waals surface area contributed by atoms with Crippen LogP contribution in [0.5, 0.6) is 0 Å². The van der Waals surface area contributed by atoms with Crippen LogP contribution in [0.1, 0.15) is 29.8 Å². The molecule has 5 rings (SSSR count). The van der Waals surface area contributed by atoms with E-state index < -0.39 is 5.41 Å². The molecule has 34 heavy (non-hydrogen) atoms. The van der Waals surface area contributed by atoms with Gasteiger partial charge in [0.2, 0.25) is 0 Å². The lowest BCUT2D eigenvalue weighted by molar-refractivity contribution is 0.0768. The van der Waals surface area contributed by atoms with Gasteiger partial charge in [-0.15, -0.1) is 0 Å². The topological polar surface area (TPSA) is 68.6 Å². The fraction of sp³-hybridized carbons (Fsp3) is 0.481. The number of halogens is 1. The summed E-state index contributed by atoms with van der Waals surface area (Å²) < 4.78 is 20.0. The Hall–Kier alpha value is -3.11. The van der Waals surface area contributed by atoms with Gasteiger partial charge < -0.3 is 19.9 Å². The normalized spacial score (nSPS) is 23.9. The summed E-state index contributed by atoms with van der Waals surface area (Å²) in [5.74, 6) is 1.38. The molecule has 2 unspecified atom stereocenters. The van der Waals surface area contributed by atoms with Crippen molar-refractivity contribution in [2.24, 2.45) is 17.8 Å². The highest BCUT2D eigenvalue weighted by atomic mass is 19.1. The molecule has 3 aliphatic rings. The van der Waals surface area contributed by atoms with Gasteiger partial charge in [0, 0.05) is 44.0 Å². The van der Waals surface area contributed by atoms with Crippen LogP contribution in [0, 0.1) is 34.9 Å². The van der Waals surface area contributed by atoms with Crippen LogP contribution in [0.25, 0.3) is 0 Å². The number of ether oxygens (including phenoxy) is 1. The first-order valence-electron chi connectivity index (χ1n) is 12.0. The van der Waals surface area contributed by atoms with E-state index in [0.29, 0.717) is 55.3 Å². The Morgan fingerprint density at radius 3 is 2.44 bits per heavy atom. The molecule has 2 atom stereocenters. The van der Waals surface area contributed by atoms with Crippen LogP contribution >= 0.6 is 0 Å². The second-order valence-corrected chi connectivity index (χ2v) is 10.2. The number of carbonyl (C=O) groups is 1. The monoisotopic (exact) mass is 462 g/mol. The van der Waals surface area contributed by atoms with E-state index in [2.05, 4.69) is 11.4 Å². The quantitative estimate of drug-likeness (QED) is 0.705. The summed E-state index contributed by atoms with van der Waals surface area (Å²) in [4.78, 5) is 16.9. The van der Waals surface area contributed by atoms with Crippen LogP contribution in [0.15, 0.2) is 42.5 Å². The second-order valence-electron chi connectivity index (χ2n) is 10.2. The predicted octanol–water partition coefficient (Wildman–Crippen LogP) is 3.89. The lowest BCUT2D eigenvalue weighted by Gasteiger charge is -2.29. The number of carbonyl (C=O) groups excluding carboxylic acids is 1. The van der Waals surface area contributed by atoms with Gasteiger partial charge in [-0.25, -0.2) is 4.39 Å². The standard InChI is InChI=1S/C27H31FN4O2/c1-27(2,17-29)19-5-3-18(4-6-19)26(33)32-15-22-21(23(22)16-32)14-30-20-7-8-25(24(28)13-20)31-9-11-34-12-10-31/h3-8,13,21-23,30H,9-12,14-16H2,1-2H3. The van der Waals surface area contributed by atoms with Gasteiger partial charge in [-0.2, -0.15) is 5.26 Å². The number of piperidine rings is 1. The van der Waals surface area contributed by atoms with Gasteiger partial charge in [-0.1, -0.05) is 12.1 Å². The summed E-state index contributed by atoms with van der Waals surface area (Å²) in [6, 6.07) is 15.1. The van der Waals surface area contributed by atoms with E-state index >= 15 is 0 Å². The minimum Gasteiger partial charge on any atom is -0.385 e. The maximum Gasteiger partial charge on any atom is 0.253 e. The third kappa shape index (κ3) is 4.35. The van der Waals surface area contributed by atoms with Gasteiger partial charge in [-0.3, -0.25) is 4.79 Å². The lowest BCUT2D eigenvalue weighted by Crippen LogP contribution is -2.36. The summed E-state index contributed by atoms with van der Waals surface area (Å²) in [7, 11) is 0. The average Bonchev–Trinajstić information content (AvgIpc) is 3.31. The molecule has 1 amide bonds. The fourth-order valence-electron chi connectivity index (χ4n) is 5.31. The summed E-state index contributed by atoms with van der Waals surface area (Å²) >= 11 is 0. The molecule has 1 aliphatic carbocycles. The zero-order chi connectivity index (χ0) is 23.9. The van der Waals surface area contributed by atoms with Crippen molar-refractivity contribution in [1.82, 2.24) is 4.90 Å². The number of amides is 1. The number of nitriles is 1. The van der Waals surface area contributed by atoms with Crippen molar-refractivity contribution in [3.8, 4) is 6.07 Å². The third-order valence-corrected chi connectivity index (χ3v) is 7.63. The number of fused-ring (bicyclic) bond motifs is 1. The number of nitrogens with zero attached hydrogens (tertiary/aromatic N) is 3. The summed E-state index contributed by atoms with van der Waals surface area (Å²) in [6.45, 7) is 8.78. The highest BCUT2D eigenvalue weighted by Gasteiger charge is 2.56. The van der Waals surface area contributed by atoms with Crippen molar-refractivity contribution in [3.05, 3.63) is 59.4 Å². The van der Waals surface area contributed by atoms with Crippen molar-refractivity contribution < 1.29 is 13.9 Å². The van der Waals surface area contributed by atoms with E-state index in [-0.39, 0.29) is 11.7 Å². The summed E-state index contributed by atoms with van der Waals surface area (Å²) in [5, 5.41) is 12.7. The number of hydrogen-bond acceptors (Lipinski definition) is 5. The van der Waals surface area contributed by atoms with Gasteiger partial charge in [0.05, 0.1) is 30.4 Å². The van der Waals surface area contributed by atoms with Crippen LogP contribution in [0.3, 0.4) is 0 Å². The van der Waals surface area contributed by atoms with Gasteiger partial charge >= 0.3 is 0 Å². The van der Waals surface area contributed by atoms with Crippen LogP contribution in [-0.4, -0.2) is 56.7 Å². The number of likely N-dealkylation sites (tertiary alicyclic amines) is 1. The minimum absolute atomic E-state index is 0.0565. The number of nitrogens with one attached hydrogen (secondary N) is 1. The van der Waals surface area contributed by atoms with Crippen molar-refractivity contribution in [1.29, 1.82) is 5.26 Å². The molecule has 0 bridgehead atoms. The molecule has 2 aromatic rings. The molecule has 6 nitrogen and oxygen atoms in total. The molecule has 2 aliphatic heterocycles. The number of anilines is 2. The third-order valence-electron chi connectivity index (χ3n) is 7.63. The first kappa shape index (κ1) is 22.7. The molecule has 1 saturated carbocycles. The molecule has 2 aromatic carbocycles. The van der Waals surface area contributed by atoms with Crippen LogP contribution in [0.2, 0.25) is 0 Å². The Morgan fingerprint density at radius 2 is 1.82 bits per heavy atom. The van der Waals surface area contributed by atoms with E-state index in [1.807, 2.05) is 60.0 Å². The fourth-order valence-corrected chi connectivity index (χ4v) is 5.31. The maximum absolute atomic E-state index is 14.6. The van der Waals surface area contributed by atoms with Crippen molar-refractivity contribution >= 4 is 17.3 Å². The average molecular weight is 463 g/mol. The van der Waals surface area contributed by atoms with E-state index in [4.69, 9.17) is 4.74 Å². The van der Waals surface area contributed by atoms with Crippen molar-refractivity contribution in [3.63, 3.8) is 0 Å². The largest absolute Gasteiger partial charge is 0.385 e. The molecule has 3 fully saturated rings. The zero-order valence-corrected chi connectivity index (χ0v) is 19.8. The second kappa shape index (κ2) is 8.92. The van der Waals surface area contributed by atoms with E-state index in [1.165, 1.54) is 0 Å². The Balaban J connectivity index is 1.11. The summed E-state index contributed by atoms with van der Waals surface area (Å²) in [5.41, 5.74) is 2.45. The molecule has 0 aromatic heterocycles. The molecular formula is C27H31FN4O2. The molecular weight excluding hydrogens is 431 g/mol. The summed E-state index contributed by atoms with van der Waals surface area (Å²) in [6.07, 6.45) is 0. The van der Waals surface area contributed by atoms with Gasteiger partial charge in [-0.05, 0) is 67.5 Å². The Kier molecular flexibility index (Phi) is 5.95. The maximum atomic E-state index is 14.6. The van der Waals surface area contributed by atoms with Crippen molar-refractivity contribution in [2.45, 2.75) is 19.3 Å². The minimum atomic E-state index is -0.567. The molecule has 178 valence electrons. The van der Waals surface area contributed by atoms with Crippen LogP contribution < -0.4 is 10.2 Å². The molecule has 0 radical (unpaired) electrons. The van der Waals surface area contributed by atoms with E-state index in [1.54, 1.807) is 6.07 Å². The number of hydrogen-bond donors (Lipinski definition) is 1. The lowest BCUT2D eigenvalue weighted by atomic mass is 9.86. The highest BCUT2D eigenvalue weighted by Crippen LogP contribution is 2.51. The first-order chi connectivity index (χ1) is 16.4. The molecule has 1 N–H and O–H groups in total. The Labute approximate surface area is 200 Å². The number of rotatable bonds is 6. The van der Waals surface area contributed by atoms with Gasteiger partial charge in [0.1, 0.15) is 5.82 Å². The smallest absolute Gasteiger partial charge is 0.253 e. The molecule has 2 saturated heterocycles. The Morgan fingerprint density at radius 1 is 1.15 bits per heavy atom. The highest BCUT2D eigenvalue weighted by molar-refractivity contribution is 5.94. The molecule has 7 heteroatoms. The SMILES string of the molecule is CC(C)(C#N)c1ccc(C(=O)N2CC3C(CNc4ccc(N5CCOCC5)c(F)c4)C3C2)cc1. The van der Waals surface area contributed by atoms with E-state index in [9.17, 15) is 14.4 Å². The molecule has 2 heterocycles. The number of morpholine rings is 1. The first-order valence-corrected chi connectivity index (χ1v) is 12.0. The zero-order valence-electron chi connectivity index (χ0n) is 19.8. The van der Waals surface area contributed by atoms with Crippen LogP contribution in [-0.2, 0) is 10.2 Å². The van der Waals surface area contributed by atoms with Gasteiger partial charge in [0.15, 0.2) is 0 Å².